The van der Waals surface area contributed by atoms with Crippen LogP contribution < -0.4 is 0 Å². The number of carbonyl (C=O) groups is 1. The average Bonchev–Trinajstić information content (AvgIpc) is 2.16. The number of halogens is 1. The van der Waals surface area contributed by atoms with Crippen molar-refractivity contribution in [3.8, 4) is 0 Å². The fourth-order valence-corrected chi connectivity index (χ4v) is 2.57. The zero-order valence-corrected chi connectivity index (χ0v) is 10.0. The van der Waals surface area contributed by atoms with Crippen LogP contribution in [0, 0.1) is 20.6 Å². The average molecular weight is 321 g/mol. The molecule has 0 heterocycles. The van der Waals surface area contributed by atoms with Gasteiger partial charge in [0.1, 0.15) is 0 Å². The quantitative estimate of drug-likeness (QED) is 0.526. The van der Waals surface area contributed by atoms with Crippen molar-refractivity contribution < 1.29 is 14.8 Å². The summed E-state index contributed by atoms with van der Waals surface area (Å²) >= 11 is -0.680. The van der Waals surface area contributed by atoms with E-state index in [1.165, 1.54) is 0 Å². The third-order valence-electron chi connectivity index (χ3n) is 1.86. The minimum atomic E-state index is -1.15. The normalized spacial score (nSPS) is 9.93. The lowest BCUT2D eigenvalue weighted by atomic mass is 10.1. The Bertz CT molecular complexity index is 456. The molecule has 5 nitrogen and oxygen atoms in total. The maximum atomic E-state index is 10.8. The van der Waals surface area contributed by atoms with Crippen LogP contribution in [-0.2, 0) is 0 Å². The number of hydrogen-bond donors (Lipinski definition) is 1. The van der Waals surface area contributed by atoms with Gasteiger partial charge in [-0.05, 0) is 18.6 Å². The standard InChI is InChI=1S/C9H8INO4/c1-5-3-7(10-2)8(11(14)15)4-6(5)9(12)13/h3-4H,2H2,1H3,(H,12,13). The van der Waals surface area contributed by atoms with Gasteiger partial charge in [-0.3, -0.25) is 10.1 Å². The first kappa shape index (κ1) is 11.8. The molecule has 0 spiro atoms. The Labute approximate surface area is 95.6 Å². The Morgan fingerprint density at radius 3 is 2.60 bits per heavy atom. The van der Waals surface area contributed by atoms with Gasteiger partial charge in [0.05, 0.1) is 14.1 Å². The van der Waals surface area contributed by atoms with Crippen molar-refractivity contribution in [3.05, 3.63) is 36.9 Å². The van der Waals surface area contributed by atoms with Crippen molar-refractivity contribution in [1.82, 2.24) is 0 Å². The van der Waals surface area contributed by atoms with Gasteiger partial charge in [0.15, 0.2) is 0 Å². The summed E-state index contributed by atoms with van der Waals surface area (Å²) in [5.41, 5.74) is 0.371. The number of nitro benzene ring substituents is 1. The van der Waals surface area contributed by atoms with Crippen molar-refractivity contribution in [2.75, 3.05) is 0 Å². The molecule has 1 N–H and O–H groups in total. The largest absolute Gasteiger partial charge is 0.478 e. The maximum absolute atomic E-state index is 10.8. The Kier molecular flexibility index (Phi) is 3.51. The Morgan fingerprint density at radius 1 is 1.60 bits per heavy atom. The van der Waals surface area contributed by atoms with E-state index in [2.05, 4.69) is 4.51 Å². The van der Waals surface area contributed by atoms with E-state index in [4.69, 9.17) is 5.11 Å². The van der Waals surface area contributed by atoms with E-state index >= 15 is 0 Å². The van der Waals surface area contributed by atoms with Gasteiger partial charge in [0.25, 0.3) is 5.69 Å². The summed E-state index contributed by atoms with van der Waals surface area (Å²) in [4.78, 5) is 20.9. The van der Waals surface area contributed by atoms with Crippen LogP contribution in [0.3, 0.4) is 0 Å². The predicted octanol–water partition coefficient (Wildman–Crippen LogP) is 2.17. The second-order valence-corrected chi connectivity index (χ2v) is 4.74. The molecule has 1 aromatic rings. The van der Waals surface area contributed by atoms with Crippen molar-refractivity contribution >= 4 is 36.9 Å². The van der Waals surface area contributed by atoms with Gasteiger partial charge >= 0.3 is 5.97 Å². The molecular formula is C9H8INO4. The van der Waals surface area contributed by atoms with Crippen LogP contribution in [0.15, 0.2) is 12.1 Å². The molecule has 0 radical (unpaired) electrons. The fraction of sp³-hybridized carbons (Fsp3) is 0.111. The van der Waals surface area contributed by atoms with Crippen LogP contribution in [0.25, 0.3) is 0 Å². The fourth-order valence-electron chi connectivity index (χ4n) is 1.14. The van der Waals surface area contributed by atoms with E-state index in [0.29, 0.717) is 9.13 Å². The second-order valence-electron chi connectivity index (χ2n) is 2.81. The molecule has 0 saturated carbocycles. The number of carboxylic acids is 1. The Hall–Kier alpha value is -1.31. The predicted molar refractivity (Wildman–Crippen MR) is 64.6 cm³/mol. The zero-order valence-electron chi connectivity index (χ0n) is 7.86. The molecule has 1 aromatic carbocycles. The summed E-state index contributed by atoms with van der Waals surface area (Å²) < 4.78 is 4.23. The van der Waals surface area contributed by atoms with E-state index < -0.39 is 31.6 Å². The van der Waals surface area contributed by atoms with Crippen LogP contribution >= 0.6 is 20.7 Å². The smallest absolute Gasteiger partial charge is 0.336 e. The van der Waals surface area contributed by atoms with Gasteiger partial charge in [-0.1, -0.05) is 25.2 Å². The number of rotatable bonds is 3. The first-order chi connectivity index (χ1) is 6.97. The molecule has 1 rings (SSSR count). The minimum absolute atomic E-state index is 0.0251. The monoisotopic (exact) mass is 321 g/mol. The molecule has 6 heteroatoms. The molecule has 0 aromatic heterocycles. The topological polar surface area (TPSA) is 80.4 Å². The van der Waals surface area contributed by atoms with E-state index in [1.54, 1.807) is 13.0 Å². The lowest BCUT2D eigenvalue weighted by Crippen LogP contribution is -2.03. The van der Waals surface area contributed by atoms with E-state index in [0.717, 1.165) is 6.07 Å². The van der Waals surface area contributed by atoms with Crippen LogP contribution in [0.5, 0.6) is 0 Å². The molecule has 0 amide bonds. The maximum Gasteiger partial charge on any atom is 0.336 e. The third kappa shape index (κ3) is 2.38. The second kappa shape index (κ2) is 4.47. The third-order valence-corrected chi connectivity index (χ3v) is 3.55. The number of hydrogen-bond acceptors (Lipinski definition) is 3. The summed E-state index contributed by atoms with van der Waals surface area (Å²) in [6.45, 7) is 1.62. The molecule has 0 aliphatic heterocycles. The molecule has 0 unspecified atom stereocenters. The molecule has 15 heavy (non-hydrogen) atoms. The van der Waals surface area contributed by atoms with Gasteiger partial charge in [0.2, 0.25) is 0 Å². The SMILES string of the molecule is C=Ic1cc(C)c(C(=O)O)cc1[N+](=O)[O-]. The van der Waals surface area contributed by atoms with Crippen molar-refractivity contribution in [2.45, 2.75) is 6.92 Å². The number of benzene rings is 1. The van der Waals surface area contributed by atoms with E-state index in [1.807, 2.05) is 0 Å². The van der Waals surface area contributed by atoms with Crippen molar-refractivity contribution in [2.24, 2.45) is 0 Å². The van der Waals surface area contributed by atoms with Crippen LogP contribution in [0.2, 0.25) is 0 Å². The Morgan fingerprint density at radius 2 is 2.20 bits per heavy atom. The molecule has 0 saturated heterocycles. The molecule has 0 aliphatic rings. The lowest BCUT2D eigenvalue weighted by molar-refractivity contribution is -0.385. The summed E-state index contributed by atoms with van der Waals surface area (Å²) in [6, 6.07) is 2.65. The zero-order chi connectivity index (χ0) is 11.6. The highest BCUT2D eigenvalue weighted by atomic mass is 127. The molecule has 0 bridgehead atoms. The van der Waals surface area contributed by atoms with Crippen LogP contribution in [-0.4, -0.2) is 20.5 Å². The van der Waals surface area contributed by atoms with Gasteiger partial charge in [0, 0.05) is 6.07 Å². The van der Waals surface area contributed by atoms with Crippen LogP contribution in [0.4, 0.5) is 5.69 Å². The van der Waals surface area contributed by atoms with Gasteiger partial charge in [-0.25, -0.2) is 4.79 Å². The lowest BCUT2D eigenvalue weighted by Gasteiger charge is -2.03. The summed E-state index contributed by atoms with van der Waals surface area (Å²) in [5.74, 6) is -1.15. The Balaban J connectivity index is 3.50. The highest BCUT2D eigenvalue weighted by molar-refractivity contribution is 14.2. The minimum Gasteiger partial charge on any atom is -0.478 e. The van der Waals surface area contributed by atoms with Crippen molar-refractivity contribution in [1.29, 1.82) is 0 Å². The highest BCUT2D eigenvalue weighted by Gasteiger charge is 2.18. The first-order valence-electron chi connectivity index (χ1n) is 3.88. The van der Waals surface area contributed by atoms with Gasteiger partial charge in [-0.2, -0.15) is 0 Å². The number of aromatic carboxylic acids is 1. The summed E-state index contributed by atoms with van der Waals surface area (Å²) in [6.07, 6.45) is 0. The molecule has 0 aliphatic carbocycles. The first-order valence-corrected chi connectivity index (χ1v) is 6.48. The molecule has 0 atom stereocenters. The number of carboxylic acid groups (broad SMARTS) is 1. The number of nitrogens with zero attached hydrogens (tertiary/aromatic N) is 1. The van der Waals surface area contributed by atoms with Gasteiger partial charge in [-0.15, -0.1) is 0 Å². The van der Waals surface area contributed by atoms with E-state index in [-0.39, 0.29) is 11.3 Å². The number of nitro groups is 1. The molecule has 0 fully saturated rings. The van der Waals surface area contributed by atoms with E-state index in [9.17, 15) is 14.9 Å². The summed E-state index contributed by atoms with van der Waals surface area (Å²) in [5, 5.41) is 19.5. The summed E-state index contributed by atoms with van der Waals surface area (Å²) in [7, 11) is 0. The van der Waals surface area contributed by atoms with Gasteiger partial charge < -0.3 is 5.11 Å². The molecule has 80 valence electrons. The van der Waals surface area contributed by atoms with Crippen LogP contribution in [0.1, 0.15) is 15.9 Å². The molecular weight excluding hydrogens is 313 g/mol. The van der Waals surface area contributed by atoms with Crippen molar-refractivity contribution in [3.63, 3.8) is 0 Å². The highest BCUT2D eigenvalue weighted by Crippen LogP contribution is 2.27. The number of aryl methyl sites for hydroxylation is 1.